The summed E-state index contributed by atoms with van der Waals surface area (Å²) in [6.45, 7) is 4.35. The Balaban J connectivity index is 0.00000162. The first-order chi connectivity index (χ1) is 8.00. The molecule has 0 aliphatic rings. The summed E-state index contributed by atoms with van der Waals surface area (Å²) in [5, 5.41) is 1.32. The molecular formula is C14H19IN2S. The molecule has 1 aromatic carbocycles. The van der Waals surface area contributed by atoms with Gasteiger partial charge in [0.25, 0.3) is 5.01 Å². The summed E-state index contributed by atoms with van der Waals surface area (Å²) in [4.78, 5) is 3.51. The van der Waals surface area contributed by atoms with Gasteiger partial charge in [-0.3, -0.25) is 0 Å². The molecule has 18 heavy (non-hydrogen) atoms. The van der Waals surface area contributed by atoms with Crippen molar-refractivity contribution in [2.24, 2.45) is 7.05 Å². The van der Waals surface area contributed by atoms with Gasteiger partial charge in [-0.15, -0.1) is 0 Å². The molecule has 0 fully saturated rings. The van der Waals surface area contributed by atoms with E-state index < -0.39 is 0 Å². The molecule has 2 rings (SSSR count). The Hall–Kier alpha value is -0.620. The summed E-state index contributed by atoms with van der Waals surface area (Å²) in [7, 11) is 6.26. The van der Waals surface area contributed by atoms with E-state index in [9.17, 15) is 0 Å². The lowest BCUT2D eigenvalue weighted by molar-refractivity contribution is -0.662. The SMILES string of the molecule is Cc1sc(-c2ccc(N(C)C)cc2)[n+](C)c1C.[I-]. The van der Waals surface area contributed by atoms with Crippen molar-refractivity contribution < 1.29 is 28.5 Å². The monoisotopic (exact) mass is 374 g/mol. The third-order valence-corrected chi connectivity index (χ3v) is 4.50. The zero-order chi connectivity index (χ0) is 12.6. The van der Waals surface area contributed by atoms with Crippen molar-refractivity contribution in [2.75, 3.05) is 19.0 Å². The van der Waals surface area contributed by atoms with E-state index in [4.69, 9.17) is 0 Å². The van der Waals surface area contributed by atoms with Gasteiger partial charge in [-0.2, -0.15) is 4.57 Å². The van der Waals surface area contributed by atoms with Crippen LogP contribution in [0.1, 0.15) is 10.6 Å². The van der Waals surface area contributed by atoms with Crippen molar-refractivity contribution in [1.82, 2.24) is 0 Å². The Morgan fingerprint density at radius 3 is 2.00 bits per heavy atom. The summed E-state index contributed by atoms with van der Waals surface area (Å²) in [6, 6.07) is 8.72. The standard InChI is InChI=1S/C14H19N2S.HI/c1-10-11(2)17-14(16(10)5)12-6-8-13(9-7-12)15(3)4;/h6-9H,1-5H3;1H/q+1;/p-1. The van der Waals surface area contributed by atoms with Gasteiger partial charge in [0.15, 0.2) is 5.69 Å². The van der Waals surface area contributed by atoms with E-state index in [0.29, 0.717) is 0 Å². The molecular weight excluding hydrogens is 355 g/mol. The molecule has 0 N–H and O–H groups in total. The number of hydrogen-bond acceptors (Lipinski definition) is 2. The zero-order valence-corrected chi connectivity index (χ0v) is 14.5. The van der Waals surface area contributed by atoms with E-state index in [2.05, 4.69) is 68.7 Å². The van der Waals surface area contributed by atoms with Gasteiger partial charge in [0.2, 0.25) is 0 Å². The maximum absolute atomic E-state index is 2.27. The normalized spacial score (nSPS) is 10.1. The molecule has 0 bridgehead atoms. The van der Waals surface area contributed by atoms with Crippen LogP contribution in [0.2, 0.25) is 0 Å². The first-order valence-electron chi connectivity index (χ1n) is 5.74. The van der Waals surface area contributed by atoms with Crippen molar-refractivity contribution >= 4 is 17.0 Å². The van der Waals surface area contributed by atoms with Gasteiger partial charge < -0.3 is 28.9 Å². The summed E-state index contributed by atoms with van der Waals surface area (Å²) >= 11 is 1.86. The molecule has 1 aromatic heterocycles. The van der Waals surface area contributed by atoms with Gasteiger partial charge in [-0.25, -0.2) is 0 Å². The topological polar surface area (TPSA) is 7.12 Å². The number of benzene rings is 1. The van der Waals surface area contributed by atoms with E-state index in [-0.39, 0.29) is 24.0 Å². The highest BCUT2D eigenvalue weighted by Crippen LogP contribution is 2.26. The Morgan fingerprint density at radius 1 is 1.06 bits per heavy atom. The fraction of sp³-hybridized carbons (Fsp3) is 0.357. The molecule has 0 aliphatic heterocycles. The van der Waals surface area contributed by atoms with Gasteiger partial charge >= 0.3 is 0 Å². The Bertz CT molecular complexity index is 529. The number of aromatic nitrogens is 1. The predicted molar refractivity (Wildman–Crippen MR) is 74.7 cm³/mol. The van der Waals surface area contributed by atoms with Crippen LogP contribution in [0.3, 0.4) is 0 Å². The second-order valence-electron chi connectivity index (χ2n) is 4.55. The number of hydrogen-bond donors (Lipinski definition) is 0. The van der Waals surface area contributed by atoms with Gasteiger partial charge in [-0.1, -0.05) is 11.3 Å². The largest absolute Gasteiger partial charge is 1.00 e. The van der Waals surface area contributed by atoms with Gasteiger partial charge in [-0.05, 0) is 31.2 Å². The third-order valence-electron chi connectivity index (χ3n) is 3.20. The lowest BCUT2D eigenvalue weighted by Crippen LogP contribution is -3.00. The predicted octanol–water partition coefficient (Wildman–Crippen LogP) is -0.0736. The van der Waals surface area contributed by atoms with Crippen LogP contribution in [0.15, 0.2) is 24.3 Å². The summed E-state index contributed by atoms with van der Waals surface area (Å²) in [5.74, 6) is 0. The van der Waals surface area contributed by atoms with Crippen LogP contribution < -0.4 is 33.4 Å². The highest BCUT2D eigenvalue weighted by molar-refractivity contribution is 7.14. The van der Waals surface area contributed by atoms with Crippen LogP contribution in [-0.2, 0) is 7.05 Å². The van der Waals surface area contributed by atoms with Gasteiger partial charge in [0.05, 0.1) is 10.4 Å². The van der Waals surface area contributed by atoms with Crippen LogP contribution >= 0.6 is 11.3 Å². The quantitative estimate of drug-likeness (QED) is 0.527. The van der Waals surface area contributed by atoms with E-state index in [1.807, 2.05) is 11.3 Å². The lowest BCUT2D eigenvalue weighted by atomic mass is 10.2. The molecule has 0 unspecified atom stereocenters. The van der Waals surface area contributed by atoms with Gasteiger partial charge in [0.1, 0.15) is 7.05 Å². The zero-order valence-electron chi connectivity index (χ0n) is 11.5. The number of anilines is 1. The smallest absolute Gasteiger partial charge is 0.269 e. The number of halogens is 1. The lowest BCUT2D eigenvalue weighted by Gasteiger charge is -2.11. The van der Waals surface area contributed by atoms with Crippen molar-refractivity contribution in [3.8, 4) is 10.6 Å². The van der Waals surface area contributed by atoms with Crippen LogP contribution in [0.25, 0.3) is 10.6 Å². The molecule has 0 saturated heterocycles. The van der Waals surface area contributed by atoms with E-state index in [0.717, 1.165) is 0 Å². The fourth-order valence-corrected chi connectivity index (χ4v) is 2.93. The Morgan fingerprint density at radius 2 is 1.61 bits per heavy atom. The van der Waals surface area contributed by atoms with E-state index in [1.165, 1.54) is 26.8 Å². The van der Waals surface area contributed by atoms with E-state index in [1.54, 1.807) is 0 Å². The highest BCUT2D eigenvalue weighted by atomic mass is 127. The van der Waals surface area contributed by atoms with Crippen LogP contribution in [-0.4, -0.2) is 14.1 Å². The summed E-state index contributed by atoms with van der Waals surface area (Å²) < 4.78 is 2.27. The maximum atomic E-state index is 2.27. The minimum Gasteiger partial charge on any atom is -1.00 e. The maximum Gasteiger partial charge on any atom is 0.269 e. The number of aryl methyl sites for hydroxylation is 1. The Kier molecular flexibility index (Phi) is 5.16. The van der Waals surface area contributed by atoms with Crippen molar-refractivity contribution in [3.63, 3.8) is 0 Å². The average Bonchev–Trinajstić information content (AvgIpc) is 2.57. The Labute approximate surface area is 130 Å². The molecule has 98 valence electrons. The van der Waals surface area contributed by atoms with Crippen LogP contribution in [0, 0.1) is 13.8 Å². The first kappa shape index (κ1) is 15.4. The molecule has 0 saturated carbocycles. The second kappa shape index (κ2) is 6.02. The highest BCUT2D eigenvalue weighted by Gasteiger charge is 2.18. The van der Waals surface area contributed by atoms with Crippen LogP contribution in [0.4, 0.5) is 5.69 Å². The number of rotatable bonds is 2. The van der Waals surface area contributed by atoms with Crippen molar-refractivity contribution in [2.45, 2.75) is 13.8 Å². The average molecular weight is 374 g/mol. The van der Waals surface area contributed by atoms with Gasteiger partial charge in [0, 0.05) is 26.7 Å². The summed E-state index contributed by atoms with van der Waals surface area (Å²) in [5.41, 5.74) is 3.88. The van der Waals surface area contributed by atoms with Crippen LogP contribution in [0.5, 0.6) is 0 Å². The molecule has 0 amide bonds. The molecule has 0 radical (unpaired) electrons. The molecule has 0 aliphatic carbocycles. The number of nitrogens with zero attached hydrogens (tertiary/aromatic N) is 2. The molecule has 0 atom stereocenters. The second-order valence-corrected chi connectivity index (χ2v) is 5.75. The fourth-order valence-electron chi connectivity index (χ4n) is 1.83. The number of thiazole rings is 1. The summed E-state index contributed by atoms with van der Waals surface area (Å²) in [6.07, 6.45) is 0. The third kappa shape index (κ3) is 2.85. The van der Waals surface area contributed by atoms with Crippen molar-refractivity contribution in [3.05, 3.63) is 34.8 Å². The van der Waals surface area contributed by atoms with E-state index >= 15 is 0 Å². The first-order valence-corrected chi connectivity index (χ1v) is 6.56. The molecule has 1 heterocycles. The minimum atomic E-state index is 0. The van der Waals surface area contributed by atoms with Crippen molar-refractivity contribution in [1.29, 1.82) is 0 Å². The minimum absolute atomic E-state index is 0. The molecule has 2 aromatic rings. The molecule has 2 nitrogen and oxygen atoms in total. The molecule has 0 spiro atoms. The molecule has 4 heteroatoms.